The molecule has 1 saturated heterocycles. The summed E-state index contributed by atoms with van der Waals surface area (Å²) in [4.78, 5) is 34.3. The van der Waals surface area contributed by atoms with Crippen LogP contribution in [0.2, 0.25) is 0 Å². The predicted molar refractivity (Wildman–Crippen MR) is 52.6 cm³/mol. The maximum atomic E-state index is 11.5. The molecule has 1 fully saturated rings. The molecule has 0 aromatic heterocycles. The van der Waals surface area contributed by atoms with Crippen LogP contribution in [0.1, 0.15) is 19.3 Å². The van der Waals surface area contributed by atoms with Crippen LogP contribution in [-0.2, 0) is 14.4 Å². The molecular formula is C9H15N3O3. The Balaban J connectivity index is 2.39. The monoisotopic (exact) mass is 213 g/mol. The average molecular weight is 213 g/mol. The number of amides is 3. The second-order valence-corrected chi connectivity index (χ2v) is 3.55. The third-order valence-electron chi connectivity index (χ3n) is 2.41. The van der Waals surface area contributed by atoms with Crippen molar-refractivity contribution in [3.63, 3.8) is 0 Å². The van der Waals surface area contributed by atoms with Crippen molar-refractivity contribution >= 4 is 17.7 Å². The van der Waals surface area contributed by atoms with Gasteiger partial charge in [-0.2, -0.15) is 0 Å². The molecule has 3 N–H and O–H groups in total. The van der Waals surface area contributed by atoms with Crippen LogP contribution in [0.4, 0.5) is 0 Å². The topological polar surface area (TPSA) is 92.5 Å². The van der Waals surface area contributed by atoms with Crippen molar-refractivity contribution in [1.82, 2.24) is 10.2 Å². The third kappa shape index (κ3) is 3.02. The summed E-state index contributed by atoms with van der Waals surface area (Å²) >= 11 is 0. The molecule has 0 aromatic rings. The van der Waals surface area contributed by atoms with Gasteiger partial charge in [-0.1, -0.05) is 0 Å². The van der Waals surface area contributed by atoms with E-state index >= 15 is 0 Å². The van der Waals surface area contributed by atoms with E-state index in [0.29, 0.717) is 19.4 Å². The number of nitrogens with zero attached hydrogens (tertiary/aromatic N) is 1. The fourth-order valence-corrected chi connectivity index (χ4v) is 1.47. The van der Waals surface area contributed by atoms with Gasteiger partial charge in [0.15, 0.2) is 0 Å². The van der Waals surface area contributed by atoms with Crippen LogP contribution in [0.3, 0.4) is 0 Å². The fourth-order valence-electron chi connectivity index (χ4n) is 1.47. The van der Waals surface area contributed by atoms with Crippen molar-refractivity contribution in [2.45, 2.75) is 25.3 Å². The predicted octanol–water partition coefficient (Wildman–Crippen LogP) is -1.40. The van der Waals surface area contributed by atoms with E-state index in [0.717, 1.165) is 4.90 Å². The summed E-state index contributed by atoms with van der Waals surface area (Å²) in [5, 5.41) is 2.91. The first kappa shape index (κ1) is 11.6. The van der Waals surface area contributed by atoms with Gasteiger partial charge in [-0.3, -0.25) is 19.3 Å². The van der Waals surface area contributed by atoms with Gasteiger partial charge >= 0.3 is 0 Å². The second kappa shape index (κ2) is 4.88. The fraction of sp³-hybridized carbons (Fsp3) is 0.667. The molecule has 1 unspecified atom stereocenters. The second-order valence-electron chi connectivity index (χ2n) is 3.55. The molecule has 0 radical (unpaired) electrons. The molecule has 1 rings (SSSR count). The summed E-state index contributed by atoms with van der Waals surface area (Å²) in [5.41, 5.74) is 4.96. The molecule has 6 heteroatoms. The SMILES string of the molecule is CN1C(=O)CCC(NCCC(N)=O)C1=O. The number of imide groups is 1. The molecule has 0 saturated carbocycles. The lowest BCUT2D eigenvalue weighted by atomic mass is 10.0. The molecule has 0 bridgehead atoms. The molecule has 3 amide bonds. The van der Waals surface area contributed by atoms with Crippen molar-refractivity contribution in [3.8, 4) is 0 Å². The zero-order chi connectivity index (χ0) is 11.4. The minimum atomic E-state index is -0.407. The number of piperidine rings is 1. The van der Waals surface area contributed by atoms with Crippen LogP contribution in [0.15, 0.2) is 0 Å². The van der Waals surface area contributed by atoms with E-state index in [4.69, 9.17) is 5.73 Å². The number of hydrogen-bond acceptors (Lipinski definition) is 4. The number of likely N-dealkylation sites (N-methyl/N-ethyl adjacent to an activating group) is 1. The van der Waals surface area contributed by atoms with E-state index in [-0.39, 0.29) is 24.3 Å². The first-order chi connectivity index (χ1) is 7.02. The highest BCUT2D eigenvalue weighted by atomic mass is 16.2. The highest BCUT2D eigenvalue weighted by molar-refractivity contribution is 6.00. The number of hydrogen-bond donors (Lipinski definition) is 2. The third-order valence-corrected chi connectivity index (χ3v) is 2.41. The van der Waals surface area contributed by atoms with Crippen LogP contribution in [0.25, 0.3) is 0 Å². The molecule has 6 nitrogen and oxygen atoms in total. The van der Waals surface area contributed by atoms with E-state index in [9.17, 15) is 14.4 Å². The van der Waals surface area contributed by atoms with Gasteiger partial charge in [-0.15, -0.1) is 0 Å². The lowest BCUT2D eigenvalue weighted by Gasteiger charge is -2.28. The first-order valence-corrected chi connectivity index (χ1v) is 4.84. The van der Waals surface area contributed by atoms with Crippen molar-refractivity contribution in [2.24, 2.45) is 5.73 Å². The Bertz CT molecular complexity index is 290. The Morgan fingerprint density at radius 3 is 2.87 bits per heavy atom. The van der Waals surface area contributed by atoms with Crippen molar-refractivity contribution < 1.29 is 14.4 Å². The van der Waals surface area contributed by atoms with Crippen LogP contribution >= 0.6 is 0 Å². The zero-order valence-corrected chi connectivity index (χ0v) is 8.66. The summed E-state index contributed by atoms with van der Waals surface area (Å²) < 4.78 is 0. The van der Waals surface area contributed by atoms with Crippen LogP contribution in [-0.4, -0.2) is 42.3 Å². The summed E-state index contributed by atoms with van der Waals surface area (Å²) in [7, 11) is 1.46. The molecule has 1 atom stereocenters. The molecule has 15 heavy (non-hydrogen) atoms. The zero-order valence-electron chi connectivity index (χ0n) is 8.66. The summed E-state index contributed by atoms with van der Waals surface area (Å²) in [5.74, 6) is -0.807. The number of rotatable bonds is 4. The lowest BCUT2D eigenvalue weighted by molar-refractivity contribution is -0.148. The smallest absolute Gasteiger partial charge is 0.246 e. The van der Waals surface area contributed by atoms with E-state index in [1.807, 2.05) is 0 Å². The Morgan fingerprint density at radius 2 is 2.27 bits per heavy atom. The molecule has 0 spiro atoms. The van der Waals surface area contributed by atoms with Gasteiger partial charge in [0, 0.05) is 26.4 Å². The molecule has 1 aliphatic rings. The minimum Gasteiger partial charge on any atom is -0.370 e. The molecule has 0 aromatic carbocycles. The van der Waals surface area contributed by atoms with E-state index < -0.39 is 5.91 Å². The van der Waals surface area contributed by atoms with Crippen LogP contribution in [0.5, 0.6) is 0 Å². The number of likely N-dealkylation sites (tertiary alicyclic amines) is 1. The Hall–Kier alpha value is -1.43. The Morgan fingerprint density at radius 1 is 1.60 bits per heavy atom. The Kier molecular flexibility index (Phi) is 3.79. The van der Waals surface area contributed by atoms with Crippen molar-refractivity contribution in [3.05, 3.63) is 0 Å². The number of nitrogens with two attached hydrogens (primary N) is 1. The summed E-state index contributed by atoms with van der Waals surface area (Å²) in [6.07, 6.45) is 1.04. The number of carbonyl (C=O) groups is 3. The quantitative estimate of drug-likeness (QED) is 0.562. The van der Waals surface area contributed by atoms with Crippen molar-refractivity contribution in [1.29, 1.82) is 0 Å². The summed E-state index contributed by atoms with van der Waals surface area (Å²) in [6, 6.07) is -0.368. The van der Waals surface area contributed by atoms with Gasteiger partial charge in [0.25, 0.3) is 0 Å². The standard InChI is InChI=1S/C9H15N3O3/c1-12-8(14)3-2-6(9(12)15)11-5-4-7(10)13/h6,11H,2-5H2,1H3,(H2,10,13). The van der Waals surface area contributed by atoms with Gasteiger partial charge in [-0.25, -0.2) is 0 Å². The largest absolute Gasteiger partial charge is 0.370 e. The van der Waals surface area contributed by atoms with E-state index in [2.05, 4.69) is 5.32 Å². The average Bonchev–Trinajstić information content (AvgIpc) is 2.18. The van der Waals surface area contributed by atoms with E-state index in [1.54, 1.807) is 0 Å². The number of nitrogens with one attached hydrogen (secondary N) is 1. The molecule has 1 heterocycles. The Labute approximate surface area is 87.8 Å². The maximum Gasteiger partial charge on any atom is 0.246 e. The van der Waals surface area contributed by atoms with Crippen molar-refractivity contribution in [2.75, 3.05) is 13.6 Å². The maximum absolute atomic E-state index is 11.5. The van der Waals surface area contributed by atoms with Gasteiger partial charge < -0.3 is 11.1 Å². The van der Waals surface area contributed by atoms with Gasteiger partial charge in [0.2, 0.25) is 17.7 Å². The number of primary amides is 1. The first-order valence-electron chi connectivity index (χ1n) is 4.84. The lowest BCUT2D eigenvalue weighted by Crippen LogP contribution is -2.51. The molecule has 84 valence electrons. The normalized spacial score (nSPS) is 21.9. The van der Waals surface area contributed by atoms with Gasteiger partial charge in [0.1, 0.15) is 0 Å². The summed E-state index contributed by atoms with van der Waals surface area (Å²) in [6.45, 7) is 0.369. The highest BCUT2D eigenvalue weighted by Gasteiger charge is 2.30. The molecular weight excluding hydrogens is 198 g/mol. The van der Waals surface area contributed by atoms with Gasteiger partial charge in [0.05, 0.1) is 6.04 Å². The van der Waals surface area contributed by atoms with Crippen LogP contribution < -0.4 is 11.1 Å². The van der Waals surface area contributed by atoms with Crippen LogP contribution in [0, 0.1) is 0 Å². The minimum absolute atomic E-state index is 0.159. The molecule has 0 aliphatic carbocycles. The number of carbonyl (C=O) groups excluding carboxylic acids is 3. The van der Waals surface area contributed by atoms with E-state index in [1.165, 1.54) is 7.05 Å². The van der Waals surface area contributed by atoms with Gasteiger partial charge in [-0.05, 0) is 6.42 Å². The highest BCUT2D eigenvalue weighted by Crippen LogP contribution is 2.10. The molecule has 1 aliphatic heterocycles.